The second-order valence-corrected chi connectivity index (χ2v) is 6.61. The summed E-state index contributed by atoms with van der Waals surface area (Å²) in [5, 5.41) is 0. The molecule has 0 aromatic rings. The van der Waals surface area contributed by atoms with Gasteiger partial charge in [-0.3, -0.25) is 4.90 Å². The summed E-state index contributed by atoms with van der Waals surface area (Å²) in [6.07, 6.45) is 10.5. The Kier molecular flexibility index (Phi) is 3.92. The molecule has 2 unspecified atom stereocenters. The predicted molar refractivity (Wildman–Crippen MR) is 73.5 cm³/mol. The van der Waals surface area contributed by atoms with Crippen LogP contribution in [0, 0.1) is 5.92 Å². The van der Waals surface area contributed by atoms with Crippen LogP contribution < -0.4 is 5.73 Å². The Hall–Kier alpha value is -0.120. The van der Waals surface area contributed by atoms with Crippen molar-refractivity contribution in [3.05, 3.63) is 0 Å². The summed E-state index contributed by atoms with van der Waals surface area (Å²) < 4.78 is 6.05. The van der Waals surface area contributed by atoms with E-state index in [9.17, 15) is 0 Å². The van der Waals surface area contributed by atoms with E-state index in [1.54, 1.807) is 0 Å². The van der Waals surface area contributed by atoms with Crippen molar-refractivity contribution in [1.29, 1.82) is 0 Å². The third-order valence-electron chi connectivity index (χ3n) is 5.37. The minimum atomic E-state index is 0.295. The second kappa shape index (κ2) is 5.48. The lowest BCUT2D eigenvalue weighted by Crippen LogP contribution is -2.54. The Morgan fingerprint density at radius 1 is 1.22 bits per heavy atom. The van der Waals surface area contributed by atoms with Gasteiger partial charge in [0.25, 0.3) is 0 Å². The van der Waals surface area contributed by atoms with Gasteiger partial charge in [0.05, 0.1) is 5.60 Å². The zero-order chi connectivity index (χ0) is 12.4. The molecule has 0 bridgehead atoms. The van der Waals surface area contributed by atoms with Crippen molar-refractivity contribution >= 4 is 0 Å². The van der Waals surface area contributed by atoms with Crippen LogP contribution >= 0.6 is 0 Å². The van der Waals surface area contributed by atoms with Crippen molar-refractivity contribution in [2.24, 2.45) is 11.7 Å². The zero-order valence-corrected chi connectivity index (χ0v) is 11.6. The van der Waals surface area contributed by atoms with Gasteiger partial charge in [-0.05, 0) is 70.4 Å². The molecule has 1 aliphatic carbocycles. The van der Waals surface area contributed by atoms with Crippen molar-refractivity contribution in [2.45, 2.75) is 63.0 Å². The SMILES string of the molecule is NCCC1CCCN(C2CCOC3(CCC3)C2)C1. The molecule has 2 saturated heterocycles. The summed E-state index contributed by atoms with van der Waals surface area (Å²) in [6.45, 7) is 4.44. The molecule has 18 heavy (non-hydrogen) atoms. The second-order valence-electron chi connectivity index (χ2n) is 6.61. The summed E-state index contributed by atoms with van der Waals surface area (Å²) in [4.78, 5) is 2.76. The largest absolute Gasteiger partial charge is 0.375 e. The fraction of sp³-hybridized carbons (Fsp3) is 1.00. The van der Waals surface area contributed by atoms with E-state index in [4.69, 9.17) is 10.5 Å². The number of nitrogens with zero attached hydrogens (tertiary/aromatic N) is 1. The predicted octanol–water partition coefficient (Wildman–Crippen LogP) is 2.15. The Bertz CT molecular complexity index is 276. The average Bonchev–Trinajstić information content (AvgIpc) is 2.38. The van der Waals surface area contributed by atoms with Crippen molar-refractivity contribution in [3.63, 3.8) is 0 Å². The lowest BCUT2D eigenvalue weighted by Gasteiger charge is -2.50. The minimum absolute atomic E-state index is 0.295. The first-order valence-corrected chi connectivity index (χ1v) is 7.89. The van der Waals surface area contributed by atoms with Crippen LogP contribution in [0.3, 0.4) is 0 Å². The van der Waals surface area contributed by atoms with E-state index < -0.39 is 0 Å². The van der Waals surface area contributed by atoms with E-state index in [2.05, 4.69) is 4.90 Å². The van der Waals surface area contributed by atoms with Gasteiger partial charge in [-0.25, -0.2) is 0 Å². The quantitative estimate of drug-likeness (QED) is 0.836. The lowest BCUT2D eigenvalue weighted by atomic mass is 9.73. The van der Waals surface area contributed by atoms with Crippen LogP contribution in [-0.4, -0.2) is 42.8 Å². The Morgan fingerprint density at radius 3 is 2.83 bits per heavy atom. The molecule has 0 aromatic heterocycles. The van der Waals surface area contributed by atoms with Gasteiger partial charge in [0.2, 0.25) is 0 Å². The fourth-order valence-electron chi connectivity index (χ4n) is 4.13. The Balaban J connectivity index is 1.56. The van der Waals surface area contributed by atoms with Gasteiger partial charge in [0, 0.05) is 19.2 Å². The highest BCUT2D eigenvalue weighted by atomic mass is 16.5. The molecule has 2 atom stereocenters. The average molecular weight is 252 g/mol. The molecule has 3 aliphatic rings. The highest BCUT2D eigenvalue weighted by Gasteiger charge is 2.44. The molecular weight excluding hydrogens is 224 g/mol. The molecule has 0 amide bonds. The maximum Gasteiger partial charge on any atom is 0.0697 e. The molecule has 3 fully saturated rings. The summed E-state index contributed by atoms with van der Waals surface area (Å²) in [6, 6.07) is 0.791. The minimum Gasteiger partial charge on any atom is -0.375 e. The van der Waals surface area contributed by atoms with Crippen LogP contribution in [0.1, 0.15) is 51.4 Å². The molecule has 0 aromatic carbocycles. The van der Waals surface area contributed by atoms with Gasteiger partial charge in [0.15, 0.2) is 0 Å². The third-order valence-corrected chi connectivity index (χ3v) is 5.37. The fourth-order valence-corrected chi connectivity index (χ4v) is 4.13. The van der Waals surface area contributed by atoms with Crippen molar-refractivity contribution in [1.82, 2.24) is 4.90 Å². The van der Waals surface area contributed by atoms with Crippen LogP contribution in [0.15, 0.2) is 0 Å². The van der Waals surface area contributed by atoms with Crippen molar-refractivity contribution in [2.75, 3.05) is 26.2 Å². The molecule has 104 valence electrons. The highest BCUT2D eigenvalue weighted by molar-refractivity contribution is 4.97. The molecule has 2 heterocycles. The van der Waals surface area contributed by atoms with Gasteiger partial charge < -0.3 is 10.5 Å². The van der Waals surface area contributed by atoms with Crippen LogP contribution in [-0.2, 0) is 4.74 Å². The highest BCUT2D eigenvalue weighted by Crippen LogP contribution is 2.43. The number of piperidine rings is 1. The van der Waals surface area contributed by atoms with Crippen LogP contribution in [0.2, 0.25) is 0 Å². The number of rotatable bonds is 3. The van der Waals surface area contributed by atoms with E-state index in [-0.39, 0.29) is 0 Å². The van der Waals surface area contributed by atoms with E-state index in [1.165, 1.54) is 64.5 Å². The van der Waals surface area contributed by atoms with Gasteiger partial charge in [-0.1, -0.05) is 0 Å². The number of hydrogen-bond acceptors (Lipinski definition) is 3. The number of ether oxygens (including phenoxy) is 1. The van der Waals surface area contributed by atoms with Gasteiger partial charge in [-0.15, -0.1) is 0 Å². The van der Waals surface area contributed by atoms with Crippen LogP contribution in [0.4, 0.5) is 0 Å². The first kappa shape index (κ1) is 12.9. The number of hydrogen-bond donors (Lipinski definition) is 1. The summed E-state index contributed by atoms with van der Waals surface area (Å²) in [7, 11) is 0. The monoisotopic (exact) mass is 252 g/mol. The smallest absolute Gasteiger partial charge is 0.0697 e. The van der Waals surface area contributed by atoms with Crippen molar-refractivity contribution in [3.8, 4) is 0 Å². The number of nitrogens with two attached hydrogens (primary N) is 1. The van der Waals surface area contributed by atoms with Crippen LogP contribution in [0.5, 0.6) is 0 Å². The first-order valence-electron chi connectivity index (χ1n) is 7.89. The molecule has 3 nitrogen and oxygen atoms in total. The summed E-state index contributed by atoms with van der Waals surface area (Å²) >= 11 is 0. The zero-order valence-electron chi connectivity index (χ0n) is 11.6. The Morgan fingerprint density at radius 2 is 2.11 bits per heavy atom. The molecule has 3 heteroatoms. The molecular formula is C15H28N2O. The maximum absolute atomic E-state index is 6.05. The first-order chi connectivity index (χ1) is 8.81. The van der Waals surface area contributed by atoms with Gasteiger partial charge in [0.1, 0.15) is 0 Å². The van der Waals surface area contributed by atoms with E-state index in [0.29, 0.717) is 5.60 Å². The standard InChI is InChI=1S/C15H28N2O/c16-8-4-13-3-1-9-17(12-13)14-5-10-18-15(11-14)6-2-7-15/h13-14H,1-12,16H2. The molecule has 2 N–H and O–H groups in total. The van der Waals surface area contributed by atoms with Crippen LogP contribution in [0.25, 0.3) is 0 Å². The molecule has 1 spiro atoms. The number of likely N-dealkylation sites (tertiary alicyclic amines) is 1. The summed E-state index contributed by atoms with van der Waals surface area (Å²) in [5.74, 6) is 0.851. The van der Waals surface area contributed by atoms with Gasteiger partial charge >= 0.3 is 0 Å². The van der Waals surface area contributed by atoms with Gasteiger partial charge in [-0.2, -0.15) is 0 Å². The van der Waals surface area contributed by atoms with Crippen molar-refractivity contribution < 1.29 is 4.74 Å². The molecule has 0 radical (unpaired) electrons. The third kappa shape index (κ3) is 2.59. The Labute approximate surface area is 111 Å². The maximum atomic E-state index is 6.05. The topological polar surface area (TPSA) is 38.5 Å². The van der Waals surface area contributed by atoms with E-state index >= 15 is 0 Å². The molecule has 3 rings (SSSR count). The lowest BCUT2D eigenvalue weighted by molar-refractivity contribution is -0.151. The molecule has 1 saturated carbocycles. The molecule has 2 aliphatic heterocycles. The summed E-state index contributed by atoms with van der Waals surface area (Å²) in [5.41, 5.74) is 6.01. The van der Waals surface area contributed by atoms with E-state index in [1.807, 2.05) is 0 Å². The van der Waals surface area contributed by atoms with E-state index in [0.717, 1.165) is 25.1 Å². The normalized spacial score (nSPS) is 36.5.